The number of hydrogen-bond acceptors (Lipinski definition) is 2. The second-order valence-corrected chi connectivity index (χ2v) is 7.33. The third-order valence-corrected chi connectivity index (χ3v) is 6.14. The van der Waals surface area contributed by atoms with Crippen molar-refractivity contribution in [3.63, 3.8) is 0 Å². The molecular weight excluding hydrogens is 413 g/mol. The van der Waals surface area contributed by atoms with Gasteiger partial charge in [-0.1, -0.05) is 71.1 Å². The van der Waals surface area contributed by atoms with Gasteiger partial charge in [-0.05, 0) is 35.1 Å². The molecule has 2 aliphatic rings. The number of fused-ring (bicyclic) bond motifs is 3. The van der Waals surface area contributed by atoms with Crippen LogP contribution in [0.1, 0.15) is 29.9 Å². The molecule has 1 aliphatic heterocycles. The molecule has 0 saturated carbocycles. The fraction of sp³-hybridized carbons (Fsp3) is 0.350. The van der Waals surface area contributed by atoms with E-state index < -0.39 is 0 Å². The number of hydrogen-bond donors (Lipinski definition) is 0. The number of alkyl halides is 1. The molecule has 4 heteroatoms. The van der Waals surface area contributed by atoms with Crippen molar-refractivity contribution in [2.24, 2.45) is 0 Å². The van der Waals surface area contributed by atoms with Gasteiger partial charge in [0.15, 0.2) is 0 Å². The Morgan fingerprint density at radius 1 is 1.08 bits per heavy atom. The van der Waals surface area contributed by atoms with Crippen molar-refractivity contribution in [3.8, 4) is 11.1 Å². The van der Waals surface area contributed by atoms with Crippen LogP contribution in [0.2, 0.25) is 0 Å². The minimum Gasteiger partial charge on any atom is -0.448 e. The van der Waals surface area contributed by atoms with Gasteiger partial charge in [-0.2, -0.15) is 0 Å². The molecule has 24 heavy (non-hydrogen) atoms. The zero-order chi connectivity index (χ0) is 16.5. The van der Waals surface area contributed by atoms with Crippen molar-refractivity contribution in [2.75, 3.05) is 17.6 Å². The molecule has 1 unspecified atom stereocenters. The molecular formula is C20H20INO2. The van der Waals surface area contributed by atoms with Crippen LogP contribution in [0.4, 0.5) is 4.79 Å². The van der Waals surface area contributed by atoms with Gasteiger partial charge in [-0.25, -0.2) is 4.79 Å². The molecule has 2 aromatic carbocycles. The first kappa shape index (κ1) is 15.9. The Balaban J connectivity index is 1.54. The number of amides is 1. The topological polar surface area (TPSA) is 29.5 Å². The summed E-state index contributed by atoms with van der Waals surface area (Å²) in [5, 5.41) is 0. The highest BCUT2D eigenvalue weighted by Gasteiger charge is 2.32. The fourth-order valence-electron chi connectivity index (χ4n) is 3.91. The SMILES string of the molecule is O=C(OCC1c2ccccc2-c2ccccc21)N1CCCC1CI. The van der Waals surface area contributed by atoms with E-state index in [1.165, 1.54) is 22.3 Å². The van der Waals surface area contributed by atoms with Crippen molar-refractivity contribution < 1.29 is 9.53 Å². The van der Waals surface area contributed by atoms with Crippen molar-refractivity contribution in [2.45, 2.75) is 24.8 Å². The summed E-state index contributed by atoms with van der Waals surface area (Å²) in [4.78, 5) is 14.4. The van der Waals surface area contributed by atoms with Crippen LogP contribution in [0.3, 0.4) is 0 Å². The second-order valence-electron chi connectivity index (χ2n) is 6.45. The highest BCUT2D eigenvalue weighted by molar-refractivity contribution is 14.1. The lowest BCUT2D eigenvalue weighted by Crippen LogP contribution is -2.37. The summed E-state index contributed by atoms with van der Waals surface area (Å²) < 4.78 is 6.71. The molecule has 0 bridgehead atoms. The quantitative estimate of drug-likeness (QED) is 0.513. The van der Waals surface area contributed by atoms with E-state index in [1.807, 2.05) is 4.90 Å². The average molecular weight is 433 g/mol. The number of nitrogens with zero attached hydrogens (tertiary/aromatic N) is 1. The second kappa shape index (κ2) is 6.75. The van der Waals surface area contributed by atoms with Crippen LogP contribution in [-0.2, 0) is 4.74 Å². The number of likely N-dealkylation sites (tertiary alicyclic amines) is 1. The van der Waals surface area contributed by atoms with Crippen LogP contribution in [0.25, 0.3) is 11.1 Å². The number of carbonyl (C=O) groups is 1. The monoisotopic (exact) mass is 433 g/mol. The van der Waals surface area contributed by atoms with E-state index in [0.717, 1.165) is 23.8 Å². The van der Waals surface area contributed by atoms with Crippen LogP contribution < -0.4 is 0 Å². The smallest absolute Gasteiger partial charge is 0.410 e. The fourth-order valence-corrected chi connectivity index (χ4v) is 4.83. The Labute approximate surface area is 156 Å². The third kappa shape index (κ3) is 2.70. The minimum atomic E-state index is -0.156. The van der Waals surface area contributed by atoms with Crippen LogP contribution in [-0.4, -0.2) is 34.6 Å². The zero-order valence-electron chi connectivity index (χ0n) is 13.5. The highest BCUT2D eigenvalue weighted by Crippen LogP contribution is 2.44. The predicted molar refractivity (Wildman–Crippen MR) is 104 cm³/mol. The van der Waals surface area contributed by atoms with Gasteiger partial charge in [-0.15, -0.1) is 0 Å². The Bertz CT molecular complexity index is 715. The number of ether oxygens (including phenoxy) is 1. The van der Waals surface area contributed by atoms with Gasteiger partial charge in [0.2, 0.25) is 0 Å². The van der Waals surface area contributed by atoms with Gasteiger partial charge in [-0.3, -0.25) is 0 Å². The maximum Gasteiger partial charge on any atom is 0.410 e. The molecule has 1 amide bonds. The van der Waals surface area contributed by atoms with Crippen LogP contribution in [0.15, 0.2) is 48.5 Å². The van der Waals surface area contributed by atoms with Gasteiger partial charge >= 0.3 is 6.09 Å². The van der Waals surface area contributed by atoms with Crippen molar-refractivity contribution in [3.05, 3.63) is 59.7 Å². The largest absolute Gasteiger partial charge is 0.448 e. The molecule has 1 saturated heterocycles. The van der Waals surface area contributed by atoms with Crippen molar-refractivity contribution in [1.29, 1.82) is 0 Å². The third-order valence-electron chi connectivity index (χ3n) is 5.13. The molecule has 0 radical (unpaired) electrons. The first-order valence-electron chi connectivity index (χ1n) is 8.47. The van der Waals surface area contributed by atoms with Gasteiger partial charge in [0.05, 0.1) is 0 Å². The maximum absolute atomic E-state index is 12.5. The standard InChI is InChI=1S/C20H20INO2/c21-12-14-6-5-11-22(14)20(23)24-13-19-17-9-3-1-7-15(17)16-8-2-4-10-18(16)19/h1-4,7-10,14,19H,5-6,11-13H2. The first-order chi connectivity index (χ1) is 11.8. The molecule has 0 spiro atoms. The molecule has 2 aromatic rings. The Hall–Kier alpha value is -1.56. The average Bonchev–Trinajstić information content (AvgIpc) is 3.22. The summed E-state index contributed by atoms with van der Waals surface area (Å²) in [7, 11) is 0. The highest BCUT2D eigenvalue weighted by atomic mass is 127. The van der Waals surface area contributed by atoms with Gasteiger partial charge in [0, 0.05) is 22.9 Å². The summed E-state index contributed by atoms with van der Waals surface area (Å²) in [6.45, 7) is 1.24. The minimum absolute atomic E-state index is 0.141. The Morgan fingerprint density at radius 3 is 2.33 bits per heavy atom. The molecule has 1 heterocycles. The van der Waals surface area contributed by atoms with Crippen LogP contribution in [0, 0.1) is 0 Å². The lowest BCUT2D eigenvalue weighted by atomic mass is 9.98. The normalized spacial score (nSPS) is 19.2. The van der Waals surface area contributed by atoms with Crippen molar-refractivity contribution in [1.82, 2.24) is 4.90 Å². The molecule has 1 aliphatic carbocycles. The van der Waals surface area contributed by atoms with Gasteiger partial charge in [0.1, 0.15) is 6.61 Å². The van der Waals surface area contributed by atoms with E-state index in [2.05, 4.69) is 71.1 Å². The molecule has 0 aromatic heterocycles. The summed E-state index contributed by atoms with van der Waals surface area (Å²) in [6, 6.07) is 17.2. The van der Waals surface area contributed by atoms with Gasteiger partial charge < -0.3 is 9.64 Å². The first-order valence-corrected chi connectivity index (χ1v) is 9.99. The lowest BCUT2D eigenvalue weighted by molar-refractivity contribution is 0.0988. The molecule has 4 rings (SSSR count). The van der Waals surface area contributed by atoms with Crippen LogP contribution >= 0.6 is 22.6 Å². The van der Waals surface area contributed by atoms with E-state index in [-0.39, 0.29) is 12.0 Å². The van der Waals surface area contributed by atoms with E-state index in [4.69, 9.17) is 4.74 Å². The summed E-state index contributed by atoms with van der Waals surface area (Å²) in [6.07, 6.45) is 2.02. The molecule has 1 fully saturated rings. The molecule has 1 atom stereocenters. The molecule has 3 nitrogen and oxygen atoms in total. The summed E-state index contributed by atoms with van der Waals surface area (Å²) in [5.74, 6) is 0.141. The number of halogens is 1. The number of rotatable bonds is 3. The predicted octanol–water partition coefficient (Wildman–Crippen LogP) is 4.83. The Kier molecular flexibility index (Phi) is 4.48. The zero-order valence-corrected chi connectivity index (χ0v) is 15.6. The van der Waals surface area contributed by atoms with E-state index in [0.29, 0.717) is 12.6 Å². The Morgan fingerprint density at radius 2 is 1.71 bits per heavy atom. The van der Waals surface area contributed by atoms with Gasteiger partial charge in [0.25, 0.3) is 0 Å². The van der Waals surface area contributed by atoms with E-state index in [9.17, 15) is 4.79 Å². The maximum atomic E-state index is 12.5. The summed E-state index contributed by atoms with van der Waals surface area (Å²) >= 11 is 2.36. The molecule has 0 N–H and O–H groups in total. The van der Waals surface area contributed by atoms with E-state index >= 15 is 0 Å². The number of benzene rings is 2. The lowest BCUT2D eigenvalue weighted by Gasteiger charge is -2.23. The van der Waals surface area contributed by atoms with E-state index in [1.54, 1.807) is 0 Å². The number of carbonyl (C=O) groups excluding carboxylic acids is 1. The summed E-state index contributed by atoms with van der Waals surface area (Å²) in [5.41, 5.74) is 5.05. The molecule has 124 valence electrons. The van der Waals surface area contributed by atoms with Crippen molar-refractivity contribution >= 4 is 28.7 Å². The van der Waals surface area contributed by atoms with Crippen LogP contribution in [0.5, 0.6) is 0 Å².